The first-order valence-electron chi connectivity index (χ1n) is 7.58. The number of likely N-dealkylation sites (N-methyl/N-ethyl adjacent to an activating group) is 1. The van der Waals surface area contributed by atoms with Crippen LogP contribution in [-0.4, -0.2) is 31.3 Å². The summed E-state index contributed by atoms with van der Waals surface area (Å²) in [6.07, 6.45) is 3.07. The van der Waals surface area contributed by atoms with Gasteiger partial charge in [0.15, 0.2) is 0 Å². The summed E-state index contributed by atoms with van der Waals surface area (Å²) in [6.45, 7) is 3.80. The molecule has 0 aliphatic heterocycles. The van der Waals surface area contributed by atoms with Crippen molar-refractivity contribution >= 4 is 11.3 Å². The van der Waals surface area contributed by atoms with E-state index in [1.165, 1.54) is 10.6 Å². The predicted octanol–water partition coefficient (Wildman–Crippen LogP) is 3.76. The van der Waals surface area contributed by atoms with Gasteiger partial charge in [-0.3, -0.25) is 0 Å². The third-order valence-corrected chi connectivity index (χ3v) is 4.28. The van der Waals surface area contributed by atoms with E-state index in [1.54, 1.807) is 11.3 Å². The van der Waals surface area contributed by atoms with Crippen molar-refractivity contribution in [2.24, 2.45) is 0 Å². The number of nitrogens with zero attached hydrogens (tertiary/aromatic N) is 1. The molecular weight excluding hydrogens is 280 g/mol. The number of hydrogen-bond donors (Lipinski definition) is 1. The van der Waals surface area contributed by atoms with Crippen LogP contribution in [0.2, 0.25) is 0 Å². The Morgan fingerprint density at radius 1 is 1.24 bits per heavy atom. The molecule has 4 heteroatoms. The fourth-order valence-electron chi connectivity index (χ4n) is 2.18. The number of ether oxygens (including phenoxy) is 1. The highest BCUT2D eigenvalue weighted by Crippen LogP contribution is 2.22. The van der Waals surface area contributed by atoms with Gasteiger partial charge >= 0.3 is 0 Å². The monoisotopic (exact) mass is 304 g/mol. The number of nitrogens with one attached hydrogen (secondary N) is 1. The van der Waals surface area contributed by atoms with Gasteiger partial charge in [0.05, 0.1) is 10.7 Å². The Morgan fingerprint density at radius 3 is 2.76 bits per heavy atom. The predicted molar refractivity (Wildman–Crippen MR) is 89.8 cm³/mol. The molecule has 1 N–H and O–H groups in total. The molecule has 3 nitrogen and oxygen atoms in total. The number of hydrogen-bond acceptors (Lipinski definition) is 4. The average Bonchev–Trinajstić information content (AvgIpc) is 3.00. The minimum absolute atomic E-state index is 0.427. The van der Waals surface area contributed by atoms with Crippen molar-refractivity contribution in [3.05, 3.63) is 40.7 Å². The van der Waals surface area contributed by atoms with Crippen LogP contribution < -0.4 is 5.32 Å². The Kier molecular flexibility index (Phi) is 6.86. The molecule has 0 saturated heterocycles. The van der Waals surface area contributed by atoms with Crippen LogP contribution in [0.4, 0.5) is 0 Å². The highest BCUT2D eigenvalue weighted by molar-refractivity contribution is 7.09. The van der Waals surface area contributed by atoms with E-state index in [2.05, 4.69) is 41.9 Å². The summed E-state index contributed by atoms with van der Waals surface area (Å²) in [7, 11) is 2.01. The summed E-state index contributed by atoms with van der Waals surface area (Å²) in [5, 5.41) is 6.69. The second kappa shape index (κ2) is 8.93. The molecule has 0 bridgehead atoms. The quantitative estimate of drug-likeness (QED) is 0.716. The maximum Gasteiger partial charge on any atom is 0.0948 e. The molecule has 0 fully saturated rings. The summed E-state index contributed by atoms with van der Waals surface area (Å²) in [5.41, 5.74) is 2.26. The number of aromatic nitrogens is 1. The second-order valence-corrected chi connectivity index (χ2v) is 6.03. The van der Waals surface area contributed by atoms with Gasteiger partial charge in [0.25, 0.3) is 0 Å². The number of benzene rings is 1. The van der Waals surface area contributed by atoms with Gasteiger partial charge in [0.2, 0.25) is 0 Å². The molecule has 0 radical (unpaired) electrons. The number of rotatable bonds is 9. The summed E-state index contributed by atoms with van der Waals surface area (Å²) in [4.78, 5) is 4.75. The van der Waals surface area contributed by atoms with E-state index in [9.17, 15) is 0 Å². The van der Waals surface area contributed by atoms with Gasteiger partial charge in [-0.15, -0.1) is 11.3 Å². The summed E-state index contributed by atoms with van der Waals surface area (Å²) >= 11 is 1.74. The molecule has 1 unspecified atom stereocenters. The minimum atomic E-state index is 0.427. The highest BCUT2D eigenvalue weighted by atomic mass is 32.1. The molecule has 114 valence electrons. The standard InChI is InChI=1S/C17H24N2OS/c1-3-10-20-11-9-15(18-2)12-17-19-16(13-21-17)14-7-5-4-6-8-14/h4-8,13,15,18H,3,9-12H2,1-2H3. The van der Waals surface area contributed by atoms with Gasteiger partial charge in [0, 0.05) is 36.6 Å². The lowest BCUT2D eigenvalue weighted by Crippen LogP contribution is -2.29. The van der Waals surface area contributed by atoms with Crippen LogP contribution in [0.25, 0.3) is 11.3 Å². The Labute approximate surface area is 131 Å². The Morgan fingerprint density at radius 2 is 2.05 bits per heavy atom. The lowest BCUT2D eigenvalue weighted by atomic mass is 10.1. The van der Waals surface area contributed by atoms with Crippen LogP contribution in [0.15, 0.2) is 35.7 Å². The zero-order valence-electron chi connectivity index (χ0n) is 12.8. The van der Waals surface area contributed by atoms with Gasteiger partial charge in [-0.25, -0.2) is 4.98 Å². The van der Waals surface area contributed by atoms with E-state index in [0.717, 1.165) is 38.2 Å². The molecule has 1 aromatic heterocycles. The molecule has 0 saturated carbocycles. The zero-order valence-corrected chi connectivity index (χ0v) is 13.7. The van der Waals surface area contributed by atoms with Crippen molar-refractivity contribution in [3.63, 3.8) is 0 Å². The van der Waals surface area contributed by atoms with Gasteiger partial charge in [0.1, 0.15) is 0 Å². The van der Waals surface area contributed by atoms with Crippen molar-refractivity contribution in [1.29, 1.82) is 0 Å². The van der Waals surface area contributed by atoms with Crippen molar-refractivity contribution in [3.8, 4) is 11.3 Å². The van der Waals surface area contributed by atoms with Gasteiger partial charge < -0.3 is 10.1 Å². The fourth-order valence-corrected chi connectivity index (χ4v) is 3.06. The summed E-state index contributed by atoms with van der Waals surface area (Å²) in [5.74, 6) is 0. The molecule has 0 aliphatic carbocycles. The van der Waals surface area contributed by atoms with Gasteiger partial charge in [-0.05, 0) is 19.9 Å². The molecule has 2 rings (SSSR count). The Hall–Kier alpha value is -1.23. The molecule has 0 spiro atoms. The van der Waals surface area contributed by atoms with E-state index in [4.69, 9.17) is 9.72 Å². The Bertz CT molecular complexity index is 513. The van der Waals surface area contributed by atoms with Crippen LogP contribution >= 0.6 is 11.3 Å². The largest absolute Gasteiger partial charge is 0.381 e. The molecule has 0 aliphatic rings. The smallest absolute Gasteiger partial charge is 0.0948 e. The lowest BCUT2D eigenvalue weighted by molar-refractivity contribution is 0.125. The molecule has 1 heterocycles. The maximum absolute atomic E-state index is 5.57. The molecule has 1 atom stereocenters. The molecular formula is C17H24N2OS. The van der Waals surface area contributed by atoms with E-state index < -0.39 is 0 Å². The Balaban J connectivity index is 1.88. The van der Waals surface area contributed by atoms with Crippen molar-refractivity contribution in [1.82, 2.24) is 10.3 Å². The maximum atomic E-state index is 5.57. The summed E-state index contributed by atoms with van der Waals surface area (Å²) in [6, 6.07) is 10.8. The lowest BCUT2D eigenvalue weighted by Gasteiger charge is -2.14. The van der Waals surface area contributed by atoms with Crippen molar-refractivity contribution in [2.75, 3.05) is 20.3 Å². The minimum Gasteiger partial charge on any atom is -0.381 e. The van der Waals surface area contributed by atoms with E-state index in [-0.39, 0.29) is 0 Å². The highest BCUT2D eigenvalue weighted by Gasteiger charge is 2.11. The van der Waals surface area contributed by atoms with E-state index in [0.29, 0.717) is 6.04 Å². The third-order valence-electron chi connectivity index (χ3n) is 3.41. The van der Waals surface area contributed by atoms with Crippen LogP contribution in [-0.2, 0) is 11.2 Å². The second-order valence-electron chi connectivity index (χ2n) is 5.08. The van der Waals surface area contributed by atoms with E-state index in [1.807, 2.05) is 13.1 Å². The SMILES string of the molecule is CCCOCCC(Cc1nc(-c2ccccc2)cs1)NC. The summed E-state index contributed by atoms with van der Waals surface area (Å²) < 4.78 is 5.57. The molecule has 2 aromatic rings. The zero-order chi connectivity index (χ0) is 14.9. The normalized spacial score (nSPS) is 12.5. The molecule has 0 amide bonds. The first-order chi connectivity index (χ1) is 10.3. The van der Waals surface area contributed by atoms with Crippen molar-refractivity contribution < 1.29 is 4.74 Å². The van der Waals surface area contributed by atoms with Gasteiger partial charge in [-0.2, -0.15) is 0 Å². The fraction of sp³-hybridized carbons (Fsp3) is 0.471. The van der Waals surface area contributed by atoms with Crippen molar-refractivity contribution in [2.45, 2.75) is 32.2 Å². The first kappa shape index (κ1) is 16.1. The number of thiazole rings is 1. The average molecular weight is 304 g/mol. The topological polar surface area (TPSA) is 34.1 Å². The molecule has 1 aromatic carbocycles. The van der Waals surface area contributed by atoms with Crippen LogP contribution in [0.5, 0.6) is 0 Å². The van der Waals surface area contributed by atoms with Crippen LogP contribution in [0.1, 0.15) is 24.8 Å². The van der Waals surface area contributed by atoms with E-state index >= 15 is 0 Å². The first-order valence-corrected chi connectivity index (χ1v) is 8.46. The van der Waals surface area contributed by atoms with Crippen LogP contribution in [0.3, 0.4) is 0 Å². The van der Waals surface area contributed by atoms with Gasteiger partial charge in [-0.1, -0.05) is 37.3 Å². The third kappa shape index (κ3) is 5.23. The molecule has 21 heavy (non-hydrogen) atoms. The van der Waals surface area contributed by atoms with Crippen LogP contribution in [0, 0.1) is 0 Å².